The van der Waals surface area contributed by atoms with E-state index in [1.807, 2.05) is 47.0 Å². The molecule has 148 valence electrons. The van der Waals surface area contributed by atoms with Crippen molar-refractivity contribution >= 4 is 17.0 Å². The van der Waals surface area contributed by atoms with Gasteiger partial charge >= 0.3 is 0 Å². The van der Waals surface area contributed by atoms with Crippen molar-refractivity contribution < 1.29 is 0 Å². The van der Waals surface area contributed by atoms with Gasteiger partial charge in [0.15, 0.2) is 0 Å². The molecule has 2 aromatic carbocycles. The normalized spacial score (nSPS) is 12.2. The first-order valence-electron chi connectivity index (χ1n) is 9.54. The maximum atomic E-state index is 4.68. The predicted molar refractivity (Wildman–Crippen MR) is 113 cm³/mol. The van der Waals surface area contributed by atoms with E-state index in [0.717, 1.165) is 22.4 Å². The van der Waals surface area contributed by atoms with Crippen molar-refractivity contribution in [2.45, 2.75) is 13.0 Å². The van der Waals surface area contributed by atoms with Crippen LogP contribution in [0.5, 0.6) is 0 Å². The van der Waals surface area contributed by atoms with Crippen LogP contribution in [0.1, 0.15) is 18.5 Å². The van der Waals surface area contributed by atoms with Crippen LogP contribution in [0.15, 0.2) is 67.1 Å². The zero-order valence-corrected chi connectivity index (χ0v) is 16.5. The van der Waals surface area contributed by atoms with E-state index in [0.29, 0.717) is 11.8 Å². The van der Waals surface area contributed by atoms with Crippen molar-refractivity contribution in [3.05, 3.63) is 72.7 Å². The number of hydrogen-bond acceptors (Lipinski definition) is 7. The summed E-state index contributed by atoms with van der Waals surface area (Å²) in [5, 5.41) is 15.6. The summed E-state index contributed by atoms with van der Waals surface area (Å²) in [5.41, 5.74) is 3.79. The standard InChI is InChI=1S/C21H19N9/c1-14(15-6-4-3-5-7-15)24-21-22-11-10-19(25-21)30-13-23-17-12-16(8-9-18(17)30)20-26-28-29(2)27-20/h3-14H,1-2H3,(H,22,24,25). The molecular weight excluding hydrogens is 378 g/mol. The van der Waals surface area contributed by atoms with Crippen molar-refractivity contribution in [1.82, 2.24) is 39.7 Å². The van der Waals surface area contributed by atoms with Crippen LogP contribution < -0.4 is 5.32 Å². The van der Waals surface area contributed by atoms with Gasteiger partial charge < -0.3 is 5.32 Å². The van der Waals surface area contributed by atoms with E-state index >= 15 is 0 Å². The van der Waals surface area contributed by atoms with E-state index in [9.17, 15) is 0 Å². The Morgan fingerprint density at radius 3 is 2.67 bits per heavy atom. The fourth-order valence-corrected chi connectivity index (χ4v) is 3.31. The smallest absolute Gasteiger partial charge is 0.225 e. The number of rotatable bonds is 5. The maximum Gasteiger partial charge on any atom is 0.225 e. The summed E-state index contributed by atoms with van der Waals surface area (Å²) in [5.74, 6) is 1.86. The summed E-state index contributed by atoms with van der Waals surface area (Å²) in [7, 11) is 1.74. The predicted octanol–water partition coefficient (Wildman–Crippen LogP) is 3.18. The highest BCUT2D eigenvalue weighted by Crippen LogP contribution is 2.23. The van der Waals surface area contributed by atoms with E-state index in [2.05, 4.69) is 54.7 Å². The second-order valence-electron chi connectivity index (χ2n) is 6.94. The van der Waals surface area contributed by atoms with Gasteiger partial charge in [-0.2, -0.15) is 9.78 Å². The number of tetrazole rings is 1. The molecule has 3 heterocycles. The number of nitrogens with one attached hydrogen (secondary N) is 1. The maximum absolute atomic E-state index is 4.68. The number of aromatic nitrogens is 8. The van der Waals surface area contributed by atoms with Gasteiger partial charge in [-0.05, 0) is 42.0 Å². The van der Waals surface area contributed by atoms with E-state index in [1.54, 1.807) is 19.6 Å². The Balaban J connectivity index is 1.45. The Bertz CT molecular complexity index is 1310. The average Bonchev–Trinajstić information content (AvgIpc) is 3.40. The summed E-state index contributed by atoms with van der Waals surface area (Å²) in [6.45, 7) is 2.08. The van der Waals surface area contributed by atoms with E-state index in [-0.39, 0.29) is 6.04 Å². The Hall–Kier alpha value is -4.14. The highest BCUT2D eigenvalue weighted by Gasteiger charge is 2.12. The highest BCUT2D eigenvalue weighted by molar-refractivity contribution is 5.81. The number of anilines is 1. The van der Waals surface area contributed by atoms with E-state index in [1.165, 1.54) is 10.4 Å². The molecule has 5 rings (SSSR count). The minimum absolute atomic E-state index is 0.0861. The van der Waals surface area contributed by atoms with Crippen LogP contribution in [-0.2, 0) is 7.05 Å². The number of benzene rings is 2. The zero-order valence-electron chi connectivity index (χ0n) is 16.5. The number of imidazole rings is 1. The first-order valence-corrected chi connectivity index (χ1v) is 9.54. The summed E-state index contributed by atoms with van der Waals surface area (Å²) >= 11 is 0. The number of nitrogens with zero attached hydrogens (tertiary/aromatic N) is 8. The number of aryl methyl sites for hydroxylation is 1. The first-order chi connectivity index (χ1) is 14.7. The fraction of sp³-hybridized carbons (Fsp3) is 0.143. The molecule has 3 aromatic heterocycles. The first kappa shape index (κ1) is 17.9. The third kappa shape index (κ3) is 3.37. The molecule has 0 fully saturated rings. The fourth-order valence-electron chi connectivity index (χ4n) is 3.31. The largest absolute Gasteiger partial charge is 0.348 e. The lowest BCUT2D eigenvalue weighted by atomic mass is 10.1. The lowest BCUT2D eigenvalue weighted by molar-refractivity contribution is 0.630. The number of hydrogen-bond donors (Lipinski definition) is 1. The average molecular weight is 397 g/mol. The highest BCUT2D eigenvalue weighted by atomic mass is 15.6. The van der Waals surface area contributed by atoms with Crippen molar-refractivity contribution in [2.75, 3.05) is 5.32 Å². The molecule has 0 aliphatic rings. The molecule has 0 bridgehead atoms. The number of fused-ring (bicyclic) bond motifs is 1. The zero-order chi connectivity index (χ0) is 20.5. The van der Waals surface area contributed by atoms with E-state index < -0.39 is 0 Å². The molecule has 1 unspecified atom stereocenters. The lowest BCUT2D eigenvalue weighted by Gasteiger charge is -2.14. The van der Waals surface area contributed by atoms with Crippen LogP contribution in [0.4, 0.5) is 5.95 Å². The molecular formula is C21H19N9. The monoisotopic (exact) mass is 397 g/mol. The third-order valence-corrected chi connectivity index (χ3v) is 4.85. The molecule has 0 amide bonds. The Morgan fingerprint density at radius 2 is 1.87 bits per heavy atom. The van der Waals surface area contributed by atoms with Crippen LogP contribution in [0.3, 0.4) is 0 Å². The van der Waals surface area contributed by atoms with Crippen LogP contribution in [0.2, 0.25) is 0 Å². The topological polar surface area (TPSA) is 99.2 Å². The van der Waals surface area contributed by atoms with Gasteiger partial charge in [0.1, 0.15) is 12.1 Å². The van der Waals surface area contributed by atoms with Gasteiger partial charge in [0.25, 0.3) is 0 Å². The molecule has 9 heteroatoms. The van der Waals surface area contributed by atoms with Crippen molar-refractivity contribution in [3.63, 3.8) is 0 Å². The molecule has 0 saturated heterocycles. The van der Waals surface area contributed by atoms with Gasteiger partial charge in [0, 0.05) is 11.8 Å². The molecule has 9 nitrogen and oxygen atoms in total. The molecule has 1 atom stereocenters. The summed E-state index contributed by atoms with van der Waals surface area (Å²) in [6, 6.07) is 18.0. The van der Waals surface area contributed by atoms with Crippen LogP contribution in [-0.4, -0.2) is 39.7 Å². The second-order valence-corrected chi connectivity index (χ2v) is 6.94. The van der Waals surface area contributed by atoms with Crippen LogP contribution >= 0.6 is 0 Å². The third-order valence-electron chi connectivity index (χ3n) is 4.85. The second kappa shape index (κ2) is 7.36. The van der Waals surface area contributed by atoms with Crippen LogP contribution in [0, 0.1) is 0 Å². The quantitative estimate of drug-likeness (QED) is 0.486. The Labute approximate surface area is 172 Å². The molecule has 0 aliphatic carbocycles. The van der Waals surface area contributed by atoms with Crippen molar-refractivity contribution in [3.8, 4) is 17.2 Å². The molecule has 1 N–H and O–H groups in total. The molecule has 0 saturated carbocycles. The Morgan fingerprint density at radius 1 is 1.00 bits per heavy atom. The van der Waals surface area contributed by atoms with Gasteiger partial charge in [-0.25, -0.2) is 9.97 Å². The van der Waals surface area contributed by atoms with Gasteiger partial charge in [-0.3, -0.25) is 4.57 Å². The molecule has 0 aliphatic heterocycles. The molecule has 0 radical (unpaired) electrons. The van der Waals surface area contributed by atoms with Gasteiger partial charge in [-0.1, -0.05) is 30.3 Å². The molecule has 0 spiro atoms. The minimum atomic E-state index is 0.0861. The summed E-state index contributed by atoms with van der Waals surface area (Å²) in [6.07, 6.45) is 3.50. The van der Waals surface area contributed by atoms with Gasteiger partial charge in [0.05, 0.1) is 24.1 Å². The van der Waals surface area contributed by atoms with Gasteiger partial charge in [0.2, 0.25) is 11.8 Å². The Kier molecular flexibility index (Phi) is 4.40. The van der Waals surface area contributed by atoms with Crippen molar-refractivity contribution in [2.24, 2.45) is 7.05 Å². The molecule has 30 heavy (non-hydrogen) atoms. The SMILES string of the molecule is CC(Nc1nccc(-n2cnc3cc(-c4nnn(C)n4)ccc32)n1)c1ccccc1. The minimum Gasteiger partial charge on any atom is -0.348 e. The van der Waals surface area contributed by atoms with Crippen molar-refractivity contribution in [1.29, 1.82) is 0 Å². The summed E-state index contributed by atoms with van der Waals surface area (Å²) < 4.78 is 1.93. The van der Waals surface area contributed by atoms with Crippen LogP contribution in [0.25, 0.3) is 28.2 Å². The van der Waals surface area contributed by atoms with E-state index in [4.69, 9.17) is 0 Å². The van der Waals surface area contributed by atoms with Gasteiger partial charge in [-0.15, -0.1) is 10.2 Å². The molecule has 5 aromatic rings. The summed E-state index contributed by atoms with van der Waals surface area (Å²) in [4.78, 5) is 15.0. The lowest BCUT2D eigenvalue weighted by Crippen LogP contribution is -2.10.